The molecule has 1 N–H and O–H groups in total. The normalized spacial score (nSPS) is 12.0. The van der Waals surface area contributed by atoms with E-state index in [-0.39, 0.29) is 35.0 Å². The van der Waals surface area contributed by atoms with Gasteiger partial charge in [0.15, 0.2) is 0 Å². The average molecular weight is 725 g/mol. The Hall–Kier alpha value is -4.22. The molecule has 0 spiro atoms. The van der Waals surface area contributed by atoms with Crippen molar-refractivity contribution < 1.29 is 27.1 Å². The third-order valence-corrected chi connectivity index (χ3v) is 9.96. The second kappa shape index (κ2) is 16.1. The fourth-order valence-corrected chi connectivity index (χ4v) is 7.09. The highest BCUT2D eigenvalue weighted by Crippen LogP contribution is 2.31. The maximum absolute atomic E-state index is 15.1. The second-order valence-corrected chi connectivity index (χ2v) is 14.3. The van der Waals surface area contributed by atoms with Crippen LogP contribution in [0.2, 0.25) is 0 Å². The third kappa shape index (κ3) is 9.20. The molecule has 11 heteroatoms. The summed E-state index contributed by atoms with van der Waals surface area (Å²) in [6.45, 7) is 5.24. The molecule has 1 atom stereocenters. The van der Waals surface area contributed by atoms with Crippen molar-refractivity contribution in [3.05, 3.63) is 124 Å². The Morgan fingerprint density at radius 1 is 0.936 bits per heavy atom. The highest BCUT2D eigenvalue weighted by molar-refractivity contribution is 9.10. The first kappa shape index (κ1) is 35.6. The number of carbonyl (C=O) groups excluding carboxylic acids is 2. The zero-order chi connectivity index (χ0) is 34.1. The molecule has 0 saturated carbocycles. The number of amides is 2. The summed E-state index contributed by atoms with van der Waals surface area (Å²) in [6.07, 6.45) is 0.133. The summed E-state index contributed by atoms with van der Waals surface area (Å²) in [4.78, 5) is 29.6. The van der Waals surface area contributed by atoms with Gasteiger partial charge in [-0.05, 0) is 70.7 Å². The van der Waals surface area contributed by atoms with E-state index in [0.717, 1.165) is 15.4 Å². The van der Waals surface area contributed by atoms with Crippen molar-refractivity contribution in [3.63, 3.8) is 0 Å². The number of benzene rings is 4. The van der Waals surface area contributed by atoms with E-state index in [4.69, 9.17) is 4.74 Å². The molecule has 4 aromatic rings. The zero-order valence-corrected chi connectivity index (χ0v) is 29.2. The van der Waals surface area contributed by atoms with E-state index in [1.807, 2.05) is 51.1 Å². The van der Waals surface area contributed by atoms with Gasteiger partial charge in [0.2, 0.25) is 11.8 Å². The lowest BCUT2D eigenvalue weighted by atomic mass is 10.0. The number of halogens is 2. The van der Waals surface area contributed by atoms with Crippen molar-refractivity contribution in [2.75, 3.05) is 24.5 Å². The highest BCUT2D eigenvalue weighted by Gasteiger charge is 2.35. The number of carbonyl (C=O) groups is 2. The first-order valence-electron chi connectivity index (χ1n) is 15.2. The number of sulfonamides is 1. The van der Waals surface area contributed by atoms with E-state index in [2.05, 4.69) is 21.2 Å². The number of nitrogens with one attached hydrogen (secondary N) is 1. The van der Waals surface area contributed by atoms with Crippen LogP contribution in [0.25, 0.3) is 0 Å². The van der Waals surface area contributed by atoms with Crippen molar-refractivity contribution in [3.8, 4) is 5.75 Å². The number of aryl methyl sites for hydroxylation is 1. The van der Waals surface area contributed by atoms with Crippen LogP contribution in [0.5, 0.6) is 5.75 Å². The Labute approximate surface area is 284 Å². The molecule has 4 rings (SSSR count). The van der Waals surface area contributed by atoms with E-state index < -0.39 is 40.2 Å². The number of hydrogen-bond acceptors (Lipinski definition) is 5. The van der Waals surface area contributed by atoms with Crippen LogP contribution in [0.3, 0.4) is 0 Å². The average Bonchev–Trinajstić information content (AvgIpc) is 3.05. The lowest BCUT2D eigenvalue weighted by Gasteiger charge is -2.34. The molecule has 47 heavy (non-hydrogen) atoms. The van der Waals surface area contributed by atoms with Crippen molar-refractivity contribution in [2.24, 2.45) is 5.92 Å². The Morgan fingerprint density at radius 2 is 1.60 bits per heavy atom. The molecule has 0 radical (unpaired) electrons. The van der Waals surface area contributed by atoms with E-state index in [0.29, 0.717) is 16.8 Å². The monoisotopic (exact) mass is 723 g/mol. The van der Waals surface area contributed by atoms with Crippen molar-refractivity contribution >= 4 is 43.5 Å². The molecule has 0 aliphatic rings. The predicted octanol–water partition coefficient (Wildman–Crippen LogP) is 6.51. The first-order chi connectivity index (χ1) is 22.4. The predicted molar refractivity (Wildman–Crippen MR) is 185 cm³/mol. The molecule has 0 heterocycles. The molecule has 4 aromatic carbocycles. The second-order valence-electron chi connectivity index (χ2n) is 11.6. The summed E-state index contributed by atoms with van der Waals surface area (Å²) in [5, 5.41) is 2.93. The van der Waals surface area contributed by atoms with Crippen molar-refractivity contribution in [1.82, 2.24) is 10.2 Å². The van der Waals surface area contributed by atoms with Gasteiger partial charge in [-0.3, -0.25) is 13.9 Å². The van der Waals surface area contributed by atoms with Crippen LogP contribution < -0.4 is 14.4 Å². The van der Waals surface area contributed by atoms with Crippen LogP contribution in [0, 0.1) is 18.7 Å². The smallest absolute Gasteiger partial charge is 0.264 e. The van der Waals surface area contributed by atoms with Gasteiger partial charge in [-0.15, -0.1) is 0 Å². The largest absolute Gasteiger partial charge is 0.496 e. The molecule has 0 unspecified atom stereocenters. The lowest BCUT2D eigenvalue weighted by Crippen LogP contribution is -2.53. The van der Waals surface area contributed by atoms with Crippen LogP contribution in [-0.4, -0.2) is 51.4 Å². The molecule has 0 aliphatic heterocycles. The number of ether oxygens (including phenoxy) is 1. The first-order valence-corrected chi connectivity index (χ1v) is 17.4. The summed E-state index contributed by atoms with van der Waals surface area (Å²) < 4.78 is 50.3. The molecule has 0 aromatic heterocycles. The van der Waals surface area contributed by atoms with Gasteiger partial charge in [-0.1, -0.05) is 80.1 Å². The molecule has 0 saturated heterocycles. The maximum atomic E-state index is 15.1. The zero-order valence-electron chi connectivity index (χ0n) is 26.8. The van der Waals surface area contributed by atoms with Crippen molar-refractivity contribution in [2.45, 2.75) is 44.7 Å². The van der Waals surface area contributed by atoms with Gasteiger partial charge < -0.3 is 15.0 Å². The Bertz CT molecular complexity index is 1790. The molecule has 0 fully saturated rings. The molecule has 0 bridgehead atoms. The van der Waals surface area contributed by atoms with Gasteiger partial charge in [0.25, 0.3) is 10.0 Å². The fourth-order valence-electron chi connectivity index (χ4n) is 4.96. The summed E-state index contributed by atoms with van der Waals surface area (Å²) in [5.74, 6) is -1.06. The number of anilines is 1. The summed E-state index contributed by atoms with van der Waals surface area (Å²) in [7, 11) is -2.85. The van der Waals surface area contributed by atoms with Crippen LogP contribution in [0.15, 0.2) is 106 Å². The molecular formula is C36H39BrFN3O5S. The molecular weight excluding hydrogens is 685 g/mol. The fraction of sp³-hybridized carbons (Fsp3) is 0.278. The van der Waals surface area contributed by atoms with E-state index in [1.165, 1.54) is 36.3 Å². The topological polar surface area (TPSA) is 96.0 Å². The molecule has 0 aliphatic carbocycles. The maximum Gasteiger partial charge on any atom is 0.264 e. The highest BCUT2D eigenvalue weighted by atomic mass is 79.9. The number of methoxy groups -OCH3 is 1. The Morgan fingerprint density at radius 3 is 2.21 bits per heavy atom. The number of hydrogen-bond donors (Lipinski definition) is 1. The van der Waals surface area contributed by atoms with E-state index >= 15 is 4.39 Å². The summed E-state index contributed by atoms with van der Waals surface area (Å²) >= 11 is 3.36. The standard InChI is InChI=1S/C36H39BrFN3O5S/c1-25(2)22-39-36(43)33(20-27-10-6-5-7-11-27)40(23-28-12-8-9-13-32(28)38)35(42)24-41(29-16-14-26(3)15-17-29)47(44,45)30-18-19-34(46-4)31(37)21-30/h5-19,21,25,33H,20,22-24H2,1-4H3,(H,39,43)/t33-/m0/s1. The lowest BCUT2D eigenvalue weighted by molar-refractivity contribution is -0.140. The Kier molecular flexibility index (Phi) is 12.2. The van der Waals surface area contributed by atoms with Crippen molar-refractivity contribution in [1.29, 1.82) is 0 Å². The van der Waals surface area contributed by atoms with Gasteiger partial charge in [0.1, 0.15) is 24.2 Å². The molecule has 8 nitrogen and oxygen atoms in total. The summed E-state index contributed by atoms with van der Waals surface area (Å²) in [6, 6.07) is 25.2. The van der Waals surface area contributed by atoms with Crippen LogP contribution in [0.1, 0.15) is 30.5 Å². The van der Waals surface area contributed by atoms with Gasteiger partial charge >= 0.3 is 0 Å². The van der Waals surface area contributed by atoms with Gasteiger partial charge in [0, 0.05) is 25.1 Å². The van der Waals surface area contributed by atoms with Crippen LogP contribution >= 0.6 is 15.9 Å². The minimum atomic E-state index is -4.32. The minimum Gasteiger partial charge on any atom is -0.496 e. The molecule has 2 amide bonds. The number of rotatable bonds is 14. The summed E-state index contributed by atoms with van der Waals surface area (Å²) in [5.41, 5.74) is 2.13. The number of nitrogens with zero attached hydrogens (tertiary/aromatic N) is 2. The van der Waals surface area contributed by atoms with Gasteiger partial charge in [-0.2, -0.15) is 0 Å². The molecule has 248 valence electrons. The Balaban J connectivity index is 1.82. The SMILES string of the molecule is COc1ccc(S(=O)(=O)N(CC(=O)N(Cc2ccccc2F)[C@@H](Cc2ccccc2)C(=O)NCC(C)C)c2ccc(C)cc2)cc1Br. The minimum absolute atomic E-state index is 0.0743. The van der Waals surface area contributed by atoms with Crippen LogP contribution in [-0.2, 0) is 32.6 Å². The van der Waals surface area contributed by atoms with E-state index in [1.54, 1.807) is 42.5 Å². The van der Waals surface area contributed by atoms with Gasteiger partial charge in [0.05, 0.1) is 22.2 Å². The van der Waals surface area contributed by atoms with Gasteiger partial charge in [-0.25, -0.2) is 12.8 Å². The van der Waals surface area contributed by atoms with Crippen LogP contribution in [0.4, 0.5) is 10.1 Å². The third-order valence-electron chi connectivity index (χ3n) is 7.57. The quantitative estimate of drug-likeness (QED) is 0.160. The van der Waals surface area contributed by atoms with E-state index in [9.17, 15) is 18.0 Å².